The summed E-state index contributed by atoms with van der Waals surface area (Å²) in [5.74, 6) is -0.485. The highest BCUT2D eigenvalue weighted by Crippen LogP contribution is 1.96. The van der Waals surface area contributed by atoms with Gasteiger partial charge in [0.05, 0.1) is 6.42 Å². The van der Waals surface area contributed by atoms with Crippen molar-refractivity contribution in [2.45, 2.75) is 26.2 Å². The van der Waals surface area contributed by atoms with Crippen LogP contribution in [0.25, 0.3) is 0 Å². The van der Waals surface area contributed by atoms with Gasteiger partial charge in [-0.2, -0.15) is 0 Å². The van der Waals surface area contributed by atoms with E-state index in [1.54, 1.807) is 6.92 Å². The van der Waals surface area contributed by atoms with Crippen LogP contribution in [0.15, 0.2) is 0 Å². The van der Waals surface area contributed by atoms with E-state index in [2.05, 4.69) is 4.74 Å². The molecule has 0 rings (SSSR count). The molecule has 3 nitrogen and oxygen atoms in total. The van der Waals surface area contributed by atoms with Gasteiger partial charge in [-0.25, -0.2) is 4.39 Å². The second-order valence-electron chi connectivity index (χ2n) is 2.30. The summed E-state index contributed by atoms with van der Waals surface area (Å²) in [5, 5.41) is 0. The van der Waals surface area contributed by atoms with Crippen molar-refractivity contribution in [2.75, 3.05) is 13.3 Å². The molecule has 70 valence electrons. The third kappa shape index (κ3) is 5.82. The minimum absolute atomic E-state index is 0.0206. The average molecular weight is 176 g/mol. The number of rotatable bonds is 6. The second kappa shape index (κ2) is 6.76. The van der Waals surface area contributed by atoms with Crippen LogP contribution in [-0.4, -0.2) is 25.0 Å². The van der Waals surface area contributed by atoms with Crippen LogP contribution in [0, 0.1) is 0 Å². The Kier molecular flexibility index (Phi) is 6.24. The van der Waals surface area contributed by atoms with Crippen LogP contribution in [-0.2, 0) is 14.3 Å². The van der Waals surface area contributed by atoms with Crippen molar-refractivity contribution in [3.63, 3.8) is 0 Å². The smallest absolute Gasteiger partial charge is 0.306 e. The van der Waals surface area contributed by atoms with Gasteiger partial charge < -0.3 is 4.74 Å². The molecule has 0 unspecified atom stereocenters. The Morgan fingerprint density at radius 3 is 2.50 bits per heavy atom. The maximum Gasteiger partial charge on any atom is 0.306 e. The summed E-state index contributed by atoms with van der Waals surface area (Å²) < 4.78 is 15.9. The van der Waals surface area contributed by atoms with Gasteiger partial charge in [-0.1, -0.05) is 6.92 Å². The summed E-state index contributed by atoms with van der Waals surface area (Å²) >= 11 is 0. The number of halogens is 1. The molecular formula is C8H13FO3. The number of hydrogen-bond donors (Lipinski definition) is 0. The zero-order valence-corrected chi connectivity index (χ0v) is 7.14. The quantitative estimate of drug-likeness (QED) is 0.572. The highest BCUT2D eigenvalue weighted by molar-refractivity contribution is 5.82. The van der Waals surface area contributed by atoms with E-state index >= 15 is 0 Å². The highest BCUT2D eigenvalue weighted by Gasteiger charge is 2.05. The Morgan fingerprint density at radius 1 is 1.33 bits per heavy atom. The van der Waals surface area contributed by atoms with Crippen LogP contribution in [0.4, 0.5) is 4.39 Å². The van der Waals surface area contributed by atoms with E-state index < -0.39 is 12.6 Å². The molecule has 0 fully saturated rings. The highest BCUT2D eigenvalue weighted by atomic mass is 19.1. The minimum Gasteiger partial charge on any atom is -0.463 e. The average Bonchev–Trinajstić information content (AvgIpc) is 2.10. The number of esters is 1. The molecule has 0 aliphatic heterocycles. The fraction of sp³-hybridized carbons (Fsp3) is 0.750. The van der Waals surface area contributed by atoms with Gasteiger partial charge in [-0.15, -0.1) is 0 Å². The van der Waals surface area contributed by atoms with Crippen molar-refractivity contribution in [1.29, 1.82) is 0 Å². The van der Waals surface area contributed by atoms with Crippen LogP contribution in [0.2, 0.25) is 0 Å². The molecule has 0 spiro atoms. The third-order valence-electron chi connectivity index (χ3n) is 1.34. The molecule has 0 bridgehead atoms. The molecule has 0 N–H and O–H groups in total. The molecule has 0 saturated heterocycles. The van der Waals surface area contributed by atoms with Crippen LogP contribution >= 0.6 is 0 Å². The van der Waals surface area contributed by atoms with Gasteiger partial charge in [0.15, 0.2) is 0 Å². The predicted octanol–water partition coefficient (Wildman–Crippen LogP) is 1.26. The van der Waals surface area contributed by atoms with E-state index in [1.165, 1.54) is 0 Å². The summed E-state index contributed by atoms with van der Waals surface area (Å²) in [6.45, 7) is 0.849. The summed E-state index contributed by atoms with van der Waals surface area (Å²) in [7, 11) is 0. The number of ether oxygens (including phenoxy) is 1. The number of carbonyl (C=O) groups excluding carboxylic acids is 2. The first kappa shape index (κ1) is 11.1. The van der Waals surface area contributed by atoms with E-state index in [1.807, 2.05) is 0 Å². The minimum atomic E-state index is -0.673. The summed E-state index contributed by atoms with van der Waals surface area (Å²) in [6, 6.07) is 0. The normalized spacial score (nSPS) is 9.50. The van der Waals surface area contributed by atoms with Gasteiger partial charge in [0, 0.05) is 12.8 Å². The summed E-state index contributed by atoms with van der Waals surface area (Å²) in [4.78, 5) is 21.4. The molecule has 0 aromatic carbocycles. The molecule has 0 atom stereocenters. The number of carbonyl (C=O) groups is 2. The fourth-order valence-corrected chi connectivity index (χ4v) is 0.643. The van der Waals surface area contributed by atoms with Gasteiger partial charge in [-0.3, -0.25) is 9.59 Å². The number of alkyl halides is 1. The van der Waals surface area contributed by atoms with E-state index in [0.717, 1.165) is 0 Å². The Morgan fingerprint density at radius 2 is 2.00 bits per heavy atom. The first-order valence-electron chi connectivity index (χ1n) is 3.94. The van der Waals surface area contributed by atoms with Gasteiger partial charge in [0.25, 0.3) is 0 Å². The lowest BCUT2D eigenvalue weighted by atomic mass is 10.2. The molecule has 0 aromatic rings. The van der Waals surface area contributed by atoms with Crippen molar-refractivity contribution < 1.29 is 18.7 Å². The number of Topliss-reactive ketones (excluding diaryl/α,β-unsaturated/α-hetero) is 1. The first-order valence-corrected chi connectivity index (χ1v) is 3.94. The summed E-state index contributed by atoms with van der Waals surface area (Å²) in [6.07, 6.45) is 0.685. The number of hydrogen-bond acceptors (Lipinski definition) is 3. The van der Waals surface area contributed by atoms with Crippen molar-refractivity contribution in [1.82, 2.24) is 0 Å². The van der Waals surface area contributed by atoms with Crippen LogP contribution in [0.1, 0.15) is 26.2 Å². The standard InChI is InChI=1S/C8H13FO3/c1-2-7(10)3-4-8(11)12-6-5-9/h2-6H2,1H3. The van der Waals surface area contributed by atoms with Gasteiger partial charge in [0.1, 0.15) is 19.1 Å². The molecular weight excluding hydrogens is 163 g/mol. The molecule has 0 aliphatic carbocycles. The summed E-state index contributed by atoms with van der Waals surface area (Å²) in [5.41, 5.74) is 0. The molecule has 4 heteroatoms. The third-order valence-corrected chi connectivity index (χ3v) is 1.34. The van der Waals surface area contributed by atoms with E-state index in [9.17, 15) is 14.0 Å². The van der Waals surface area contributed by atoms with Gasteiger partial charge >= 0.3 is 5.97 Å². The number of ketones is 1. The van der Waals surface area contributed by atoms with Crippen molar-refractivity contribution in [2.24, 2.45) is 0 Å². The van der Waals surface area contributed by atoms with Crippen molar-refractivity contribution >= 4 is 11.8 Å². The lowest BCUT2D eigenvalue weighted by molar-refractivity contribution is -0.145. The topological polar surface area (TPSA) is 43.4 Å². The lowest BCUT2D eigenvalue weighted by Crippen LogP contribution is -2.09. The van der Waals surface area contributed by atoms with Crippen molar-refractivity contribution in [3.8, 4) is 0 Å². The molecule has 0 saturated carbocycles. The Hall–Kier alpha value is -0.930. The van der Waals surface area contributed by atoms with E-state index in [4.69, 9.17) is 0 Å². The molecule has 0 radical (unpaired) electrons. The Balaban J connectivity index is 3.37. The maximum absolute atomic E-state index is 11.5. The SMILES string of the molecule is CCC(=O)CCC(=O)OCCF. The maximum atomic E-state index is 11.5. The lowest BCUT2D eigenvalue weighted by Gasteiger charge is -2.00. The first-order chi connectivity index (χ1) is 5.70. The monoisotopic (exact) mass is 176 g/mol. The molecule has 0 amide bonds. The predicted molar refractivity (Wildman–Crippen MR) is 41.5 cm³/mol. The zero-order valence-electron chi connectivity index (χ0n) is 7.14. The zero-order chi connectivity index (χ0) is 9.40. The van der Waals surface area contributed by atoms with Crippen LogP contribution in [0.5, 0.6) is 0 Å². The fourth-order valence-electron chi connectivity index (χ4n) is 0.643. The molecule has 0 aliphatic rings. The van der Waals surface area contributed by atoms with Gasteiger partial charge in [-0.05, 0) is 0 Å². The van der Waals surface area contributed by atoms with Gasteiger partial charge in [0.2, 0.25) is 0 Å². The van der Waals surface area contributed by atoms with Crippen LogP contribution < -0.4 is 0 Å². The van der Waals surface area contributed by atoms with E-state index in [0.29, 0.717) is 6.42 Å². The van der Waals surface area contributed by atoms with Crippen LogP contribution in [0.3, 0.4) is 0 Å². The Labute approximate surface area is 70.9 Å². The largest absolute Gasteiger partial charge is 0.463 e. The van der Waals surface area contributed by atoms with Crippen molar-refractivity contribution in [3.05, 3.63) is 0 Å². The second-order valence-corrected chi connectivity index (χ2v) is 2.30. The van der Waals surface area contributed by atoms with E-state index in [-0.39, 0.29) is 25.2 Å². The molecule has 12 heavy (non-hydrogen) atoms. The molecule has 0 aromatic heterocycles. The Bertz CT molecular complexity index is 156. The molecule has 0 heterocycles.